The molecule has 30 heavy (non-hydrogen) atoms. The number of benzene rings is 3. The maximum atomic E-state index is 13.4. The fourth-order valence-corrected chi connectivity index (χ4v) is 5.69. The highest BCUT2D eigenvalue weighted by molar-refractivity contribution is 7.89. The van der Waals surface area contributed by atoms with E-state index in [2.05, 4.69) is 5.32 Å². The topological polar surface area (TPSA) is 73.2 Å². The Morgan fingerprint density at radius 2 is 1.70 bits per heavy atom. The number of nitrogens with zero attached hydrogens (tertiary/aromatic N) is 2. The van der Waals surface area contributed by atoms with Gasteiger partial charge in [0.1, 0.15) is 6.07 Å². The zero-order chi connectivity index (χ0) is 21.1. The Morgan fingerprint density at radius 3 is 2.43 bits per heavy atom. The molecule has 1 saturated heterocycles. The number of hydrogen-bond donors (Lipinski definition) is 1. The molecular weight excluding hydrogens is 418 g/mol. The zero-order valence-electron chi connectivity index (χ0n) is 16.1. The molecule has 0 spiro atoms. The Balaban J connectivity index is 1.69. The van der Waals surface area contributed by atoms with Gasteiger partial charge < -0.3 is 5.32 Å². The van der Waals surface area contributed by atoms with Gasteiger partial charge in [-0.2, -0.15) is 9.57 Å². The molecule has 5 nitrogen and oxygen atoms in total. The van der Waals surface area contributed by atoms with E-state index in [1.807, 2.05) is 54.6 Å². The van der Waals surface area contributed by atoms with Crippen LogP contribution < -0.4 is 5.32 Å². The van der Waals surface area contributed by atoms with E-state index < -0.39 is 10.0 Å². The number of halogens is 1. The van der Waals surface area contributed by atoms with E-state index in [4.69, 9.17) is 11.6 Å². The zero-order valence-corrected chi connectivity index (χ0v) is 17.6. The second-order valence-corrected chi connectivity index (χ2v) is 9.55. The van der Waals surface area contributed by atoms with Crippen molar-refractivity contribution in [3.05, 3.63) is 95.0 Å². The highest BCUT2D eigenvalue weighted by Gasteiger charge is 2.40. The molecule has 152 valence electrons. The standard InChI is InChI=1S/C23H20ClN3O2S/c24-19-10-6-11-20(13-19)26-22-16-27(15-21(22)17-7-2-1-3-8-17)30(28,29)23-12-5-4-9-18(23)14-25/h1-13,21-22,26H,15-16H2/t21-,22+/m1/s1. The highest BCUT2D eigenvalue weighted by Crippen LogP contribution is 2.34. The minimum atomic E-state index is -3.81. The van der Waals surface area contributed by atoms with Crippen LogP contribution in [0.25, 0.3) is 0 Å². The smallest absolute Gasteiger partial charge is 0.244 e. The van der Waals surface area contributed by atoms with Gasteiger partial charge in [-0.1, -0.05) is 60.1 Å². The monoisotopic (exact) mass is 437 g/mol. The third-order valence-corrected chi connectivity index (χ3v) is 7.44. The van der Waals surface area contributed by atoms with Gasteiger partial charge in [0, 0.05) is 35.8 Å². The average molecular weight is 438 g/mol. The van der Waals surface area contributed by atoms with Crippen molar-refractivity contribution >= 4 is 27.3 Å². The molecule has 3 aromatic carbocycles. The first-order valence-electron chi connectivity index (χ1n) is 9.55. The molecule has 3 aromatic rings. The molecule has 1 heterocycles. The van der Waals surface area contributed by atoms with Crippen LogP contribution in [0.15, 0.2) is 83.8 Å². The number of sulfonamides is 1. The Labute approximate surface area is 181 Å². The Hall–Kier alpha value is -2.85. The Morgan fingerprint density at radius 1 is 0.967 bits per heavy atom. The van der Waals surface area contributed by atoms with Gasteiger partial charge in [-0.15, -0.1) is 0 Å². The lowest BCUT2D eigenvalue weighted by Gasteiger charge is -2.21. The molecule has 0 aromatic heterocycles. The maximum absolute atomic E-state index is 13.4. The molecule has 1 fully saturated rings. The first kappa shape index (κ1) is 20.4. The van der Waals surface area contributed by atoms with Crippen LogP contribution in [0.2, 0.25) is 5.02 Å². The summed E-state index contributed by atoms with van der Waals surface area (Å²) in [5.74, 6) is -0.0470. The normalized spacial score (nSPS) is 19.3. The molecule has 7 heteroatoms. The maximum Gasteiger partial charge on any atom is 0.244 e. The van der Waals surface area contributed by atoms with Crippen molar-refractivity contribution < 1.29 is 8.42 Å². The van der Waals surface area contributed by atoms with Crippen LogP contribution in [0.5, 0.6) is 0 Å². The summed E-state index contributed by atoms with van der Waals surface area (Å²) in [6.45, 7) is 0.610. The minimum absolute atomic E-state index is 0.0442. The number of rotatable bonds is 5. The molecule has 4 rings (SSSR count). The highest BCUT2D eigenvalue weighted by atomic mass is 35.5. The summed E-state index contributed by atoms with van der Waals surface area (Å²) >= 11 is 6.12. The van der Waals surface area contributed by atoms with Crippen molar-refractivity contribution in [3.8, 4) is 6.07 Å². The first-order chi connectivity index (χ1) is 14.5. The number of anilines is 1. The first-order valence-corrected chi connectivity index (χ1v) is 11.4. The van der Waals surface area contributed by atoms with Crippen LogP contribution in [0.3, 0.4) is 0 Å². The predicted octanol–water partition coefficient (Wildman–Crippen LogP) is 4.48. The van der Waals surface area contributed by atoms with E-state index in [0.717, 1.165) is 11.3 Å². The van der Waals surface area contributed by atoms with Crippen molar-refractivity contribution in [1.29, 1.82) is 5.26 Å². The third-order valence-electron chi connectivity index (χ3n) is 5.32. The molecule has 0 aliphatic carbocycles. The van der Waals surface area contributed by atoms with Gasteiger partial charge >= 0.3 is 0 Å². The fraction of sp³-hybridized carbons (Fsp3) is 0.174. The van der Waals surface area contributed by atoms with Crippen molar-refractivity contribution in [2.45, 2.75) is 16.9 Å². The number of hydrogen-bond acceptors (Lipinski definition) is 4. The lowest BCUT2D eigenvalue weighted by Crippen LogP contribution is -2.32. The van der Waals surface area contributed by atoms with Gasteiger partial charge in [0.2, 0.25) is 10.0 Å². The van der Waals surface area contributed by atoms with Crippen molar-refractivity contribution in [2.24, 2.45) is 0 Å². The Kier molecular flexibility index (Phi) is 5.78. The minimum Gasteiger partial charge on any atom is -0.380 e. The van der Waals surface area contributed by atoms with Gasteiger partial charge in [0.05, 0.1) is 10.5 Å². The summed E-state index contributed by atoms with van der Waals surface area (Å²) < 4.78 is 28.2. The molecule has 0 amide bonds. The second kappa shape index (κ2) is 8.49. The van der Waals surface area contributed by atoms with Crippen LogP contribution >= 0.6 is 11.6 Å². The summed E-state index contributed by atoms with van der Waals surface area (Å²) in [6, 6.07) is 25.4. The van der Waals surface area contributed by atoms with Crippen molar-refractivity contribution in [2.75, 3.05) is 18.4 Å². The molecule has 1 aliphatic heterocycles. The van der Waals surface area contributed by atoms with Crippen LogP contribution in [0.1, 0.15) is 17.0 Å². The van der Waals surface area contributed by atoms with E-state index in [9.17, 15) is 13.7 Å². The van der Waals surface area contributed by atoms with E-state index in [1.54, 1.807) is 18.2 Å². The molecular formula is C23H20ClN3O2S. The lowest BCUT2D eigenvalue weighted by molar-refractivity contribution is 0.471. The molecule has 0 saturated carbocycles. The largest absolute Gasteiger partial charge is 0.380 e. The quantitative estimate of drug-likeness (QED) is 0.638. The van der Waals surface area contributed by atoms with E-state index in [1.165, 1.54) is 16.4 Å². The summed E-state index contributed by atoms with van der Waals surface area (Å²) in [7, 11) is -3.81. The van der Waals surface area contributed by atoms with E-state index >= 15 is 0 Å². The SMILES string of the molecule is N#Cc1ccccc1S(=O)(=O)N1C[C@H](Nc2cccc(Cl)c2)[C@@H](c2ccccc2)C1. The summed E-state index contributed by atoms with van der Waals surface area (Å²) in [5.41, 5.74) is 2.05. The van der Waals surface area contributed by atoms with Gasteiger partial charge in [0.15, 0.2) is 0 Å². The summed E-state index contributed by atoms with van der Waals surface area (Å²) in [4.78, 5) is 0.0442. The third kappa shape index (κ3) is 4.05. The number of nitrogens with one attached hydrogen (secondary N) is 1. The van der Waals surface area contributed by atoms with Crippen LogP contribution in [0, 0.1) is 11.3 Å². The lowest BCUT2D eigenvalue weighted by atomic mass is 9.94. The van der Waals surface area contributed by atoms with Crippen LogP contribution in [0.4, 0.5) is 5.69 Å². The van der Waals surface area contributed by atoms with Crippen LogP contribution in [-0.2, 0) is 10.0 Å². The molecule has 1 aliphatic rings. The molecule has 0 unspecified atom stereocenters. The van der Waals surface area contributed by atoms with Gasteiger partial charge in [-0.3, -0.25) is 0 Å². The predicted molar refractivity (Wildman–Crippen MR) is 118 cm³/mol. The average Bonchev–Trinajstić information content (AvgIpc) is 3.19. The number of nitriles is 1. The van der Waals surface area contributed by atoms with Crippen LogP contribution in [-0.4, -0.2) is 31.9 Å². The van der Waals surface area contributed by atoms with Gasteiger partial charge in [-0.05, 0) is 35.9 Å². The molecule has 2 atom stereocenters. The summed E-state index contributed by atoms with van der Waals surface area (Å²) in [5, 5.41) is 13.4. The van der Waals surface area contributed by atoms with Gasteiger partial charge in [-0.25, -0.2) is 8.42 Å². The molecule has 1 N–H and O–H groups in total. The van der Waals surface area contributed by atoms with E-state index in [-0.39, 0.29) is 29.0 Å². The molecule has 0 bridgehead atoms. The van der Waals surface area contributed by atoms with Crippen molar-refractivity contribution in [1.82, 2.24) is 4.31 Å². The molecule has 0 radical (unpaired) electrons. The van der Waals surface area contributed by atoms with E-state index in [0.29, 0.717) is 11.6 Å². The second-order valence-electron chi connectivity index (χ2n) is 7.21. The fourth-order valence-electron chi connectivity index (χ4n) is 3.86. The Bertz CT molecular complexity index is 1190. The van der Waals surface area contributed by atoms with Crippen molar-refractivity contribution in [3.63, 3.8) is 0 Å². The summed E-state index contributed by atoms with van der Waals surface area (Å²) in [6.07, 6.45) is 0. The van der Waals surface area contributed by atoms with Gasteiger partial charge in [0.25, 0.3) is 0 Å².